The van der Waals surface area contributed by atoms with Gasteiger partial charge in [0.15, 0.2) is 0 Å². The van der Waals surface area contributed by atoms with Crippen molar-refractivity contribution in [1.82, 2.24) is 0 Å². The molecule has 0 aliphatic heterocycles. The van der Waals surface area contributed by atoms with Crippen LogP contribution >= 0.6 is 0 Å². The highest BCUT2D eigenvalue weighted by molar-refractivity contribution is 5.26. The number of benzene rings is 1. The van der Waals surface area contributed by atoms with E-state index in [9.17, 15) is 0 Å². The van der Waals surface area contributed by atoms with Crippen molar-refractivity contribution in [3.8, 4) is 0 Å². The summed E-state index contributed by atoms with van der Waals surface area (Å²) >= 11 is 0. The Labute approximate surface area is 113 Å². The first-order valence-electron chi connectivity index (χ1n) is 7.55. The molecule has 0 spiro atoms. The second-order valence-corrected chi connectivity index (χ2v) is 5.07. The fourth-order valence-corrected chi connectivity index (χ4v) is 2.30. The highest BCUT2D eigenvalue weighted by atomic mass is 14.1. The molecule has 100 valence electrons. The predicted octanol–water partition coefficient (Wildman–Crippen LogP) is 5.88. The molecule has 1 rings (SSSR count). The van der Waals surface area contributed by atoms with Crippen LogP contribution in [0.4, 0.5) is 0 Å². The van der Waals surface area contributed by atoms with E-state index in [1.807, 2.05) is 0 Å². The molecule has 18 heavy (non-hydrogen) atoms. The minimum atomic E-state index is 0.688. The fraction of sp³-hybridized carbons (Fsp3) is 0.556. The molecule has 1 aromatic carbocycles. The third kappa shape index (κ3) is 5.08. The van der Waals surface area contributed by atoms with Crippen molar-refractivity contribution in [3.63, 3.8) is 0 Å². The van der Waals surface area contributed by atoms with E-state index in [0.717, 1.165) is 6.42 Å². The summed E-state index contributed by atoms with van der Waals surface area (Å²) in [5.41, 5.74) is 2.98. The first-order chi connectivity index (χ1) is 8.81. The lowest BCUT2D eigenvalue weighted by molar-refractivity contribution is 0.672. The van der Waals surface area contributed by atoms with Gasteiger partial charge in [0, 0.05) is 0 Å². The Morgan fingerprint density at radius 2 is 1.72 bits per heavy atom. The van der Waals surface area contributed by atoms with E-state index in [-0.39, 0.29) is 0 Å². The summed E-state index contributed by atoms with van der Waals surface area (Å²) in [5, 5.41) is 0. The number of allylic oxidation sites excluding steroid dienone is 2. The van der Waals surface area contributed by atoms with Crippen LogP contribution in [0.5, 0.6) is 0 Å². The van der Waals surface area contributed by atoms with E-state index in [4.69, 9.17) is 0 Å². The maximum atomic E-state index is 2.33. The molecule has 0 heterocycles. The summed E-state index contributed by atoms with van der Waals surface area (Å²) in [6.07, 6.45) is 12.0. The monoisotopic (exact) mass is 244 g/mol. The first-order valence-corrected chi connectivity index (χ1v) is 7.55. The molecular weight excluding hydrogens is 216 g/mol. The van der Waals surface area contributed by atoms with Crippen LogP contribution in [0, 0.1) is 0 Å². The summed E-state index contributed by atoms with van der Waals surface area (Å²) in [7, 11) is 0. The van der Waals surface area contributed by atoms with Gasteiger partial charge in [0.1, 0.15) is 0 Å². The van der Waals surface area contributed by atoms with Gasteiger partial charge in [-0.3, -0.25) is 0 Å². The van der Waals surface area contributed by atoms with Crippen molar-refractivity contribution >= 4 is 0 Å². The standard InChI is InChI=1S/C18H28/c1-4-7-9-11-17(6-3)18-14-12-16(13-15-18)10-8-5-2/h7,9,12-15,17H,4-6,8,10-11H2,1-3H3/b9-7-. The van der Waals surface area contributed by atoms with Gasteiger partial charge in [-0.1, -0.05) is 63.6 Å². The lowest BCUT2D eigenvalue weighted by Gasteiger charge is -2.13. The van der Waals surface area contributed by atoms with Crippen LogP contribution in [0.1, 0.15) is 69.9 Å². The van der Waals surface area contributed by atoms with Crippen molar-refractivity contribution in [3.05, 3.63) is 47.5 Å². The lowest BCUT2D eigenvalue weighted by atomic mass is 9.92. The smallest absolute Gasteiger partial charge is 0.0130 e. The molecule has 0 bridgehead atoms. The van der Waals surface area contributed by atoms with E-state index >= 15 is 0 Å². The van der Waals surface area contributed by atoms with Gasteiger partial charge in [-0.2, -0.15) is 0 Å². The van der Waals surface area contributed by atoms with Gasteiger partial charge in [0.05, 0.1) is 0 Å². The third-order valence-electron chi connectivity index (χ3n) is 3.59. The maximum Gasteiger partial charge on any atom is -0.0130 e. The Morgan fingerprint density at radius 1 is 1.00 bits per heavy atom. The largest absolute Gasteiger partial charge is 0.0888 e. The van der Waals surface area contributed by atoms with Crippen LogP contribution in [-0.2, 0) is 6.42 Å². The Bertz CT molecular complexity index is 332. The molecule has 0 amide bonds. The highest BCUT2D eigenvalue weighted by Crippen LogP contribution is 2.24. The van der Waals surface area contributed by atoms with Crippen LogP contribution in [-0.4, -0.2) is 0 Å². The summed E-state index contributed by atoms with van der Waals surface area (Å²) in [6, 6.07) is 9.30. The van der Waals surface area contributed by atoms with Gasteiger partial charge < -0.3 is 0 Å². The molecule has 1 atom stereocenters. The van der Waals surface area contributed by atoms with Gasteiger partial charge in [0.25, 0.3) is 0 Å². The second-order valence-electron chi connectivity index (χ2n) is 5.07. The van der Waals surface area contributed by atoms with Crippen LogP contribution in [0.25, 0.3) is 0 Å². The average molecular weight is 244 g/mol. The first kappa shape index (κ1) is 15.0. The van der Waals surface area contributed by atoms with Crippen molar-refractivity contribution in [2.75, 3.05) is 0 Å². The summed E-state index contributed by atoms with van der Waals surface area (Å²) < 4.78 is 0. The number of unbranched alkanes of at least 4 members (excludes halogenated alkanes) is 1. The molecule has 0 saturated heterocycles. The van der Waals surface area contributed by atoms with Crippen molar-refractivity contribution in [2.24, 2.45) is 0 Å². The SMILES string of the molecule is CC/C=C\CC(CC)c1ccc(CCCC)cc1. The summed E-state index contributed by atoms with van der Waals surface area (Å²) in [6.45, 7) is 6.73. The maximum absolute atomic E-state index is 2.33. The number of aryl methyl sites for hydroxylation is 1. The van der Waals surface area contributed by atoms with Gasteiger partial charge >= 0.3 is 0 Å². The zero-order valence-corrected chi connectivity index (χ0v) is 12.3. The lowest BCUT2D eigenvalue weighted by Crippen LogP contribution is -1.96. The minimum Gasteiger partial charge on any atom is -0.0888 e. The molecule has 0 nitrogen and oxygen atoms in total. The summed E-state index contributed by atoms with van der Waals surface area (Å²) in [4.78, 5) is 0. The van der Waals surface area contributed by atoms with Crippen LogP contribution in [0.3, 0.4) is 0 Å². The Balaban J connectivity index is 2.60. The molecule has 0 heteroatoms. The Kier molecular flexibility index (Phi) is 7.48. The third-order valence-corrected chi connectivity index (χ3v) is 3.59. The van der Waals surface area contributed by atoms with E-state index in [2.05, 4.69) is 57.2 Å². The molecule has 0 radical (unpaired) electrons. The van der Waals surface area contributed by atoms with Crippen LogP contribution < -0.4 is 0 Å². The van der Waals surface area contributed by atoms with Gasteiger partial charge in [-0.25, -0.2) is 0 Å². The van der Waals surface area contributed by atoms with Crippen LogP contribution in [0.15, 0.2) is 36.4 Å². The van der Waals surface area contributed by atoms with E-state index in [0.29, 0.717) is 5.92 Å². The van der Waals surface area contributed by atoms with Crippen LogP contribution in [0.2, 0.25) is 0 Å². The minimum absolute atomic E-state index is 0.688. The van der Waals surface area contributed by atoms with Gasteiger partial charge in [0.2, 0.25) is 0 Å². The van der Waals surface area contributed by atoms with Crippen molar-refractivity contribution < 1.29 is 0 Å². The molecule has 0 saturated carbocycles. The van der Waals surface area contributed by atoms with E-state index in [1.165, 1.54) is 43.2 Å². The van der Waals surface area contributed by atoms with Crippen molar-refractivity contribution in [2.45, 2.75) is 65.2 Å². The highest BCUT2D eigenvalue weighted by Gasteiger charge is 2.07. The fourth-order valence-electron chi connectivity index (χ4n) is 2.30. The molecule has 1 unspecified atom stereocenters. The Hall–Kier alpha value is -1.04. The Morgan fingerprint density at radius 3 is 2.28 bits per heavy atom. The summed E-state index contributed by atoms with van der Waals surface area (Å²) in [5.74, 6) is 0.688. The van der Waals surface area contributed by atoms with E-state index < -0.39 is 0 Å². The van der Waals surface area contributed by atoms with Crippen molar-refractivity contribution in [1.29, 1.82) is 0 Å². The zero-order valence-electron chi connectivity index (χ0n) is 12.3. The molecule has 0 aromatic heterocycles. The quantitative estimate of drug-likeness (QED) is 0.501. The molecule has 1 aromatic rings. The molecule has 0 fully saturated rings. The second kappa shape index (κ2) is 8.97. The number of hydrogen-bond donors (Lipinski definition) is 0. The molecule has 0 N–H and O–H groups in total. The average Bonchev–Trinajstić information content (AvgIpc) is 2.42. The normalized spacial score (nSPS) is 13.1. The number of hydrogen-bond acceptors (Lipinski definition) is 0. The molecule has 0 aliphatic rings. The number of rotatable bonds is 8. The topological polar surface area (TPSA) is 0 Å². The van der Waals surface area contributed by atoms with Gasteiger partial charge in [-0.05, 0) is 49.1 Å². The van der Waals surface area contributed by atoms with E-state index in [1.54, 1.807) is 0 Å². The zero-order chi connectivity index (χ0) is 13.2. The predicted molar refractivity (Wildman–Crippen MR) is 82.1 cm³/mol. The van der Waals surface area contributed by atoms with Gasteiger partial charge in [-0.15, -0.1) is 0 Å². The molecular formula is C18H28. The molecule has 0 aliphatic carbocycles.